The number of ether oxygens (including phenoxy) is 2. The predicted octanol–water partition coefficient (Wildman–Crippen LogP) is 3.78. The first-order valence-corrected chi connectivity index (χ1v) is 11.4. The molecular weight excluding hydrogens is 430 g/mol. The van der Waals surface area contributed by atoms with Gasteiger partial charge in [0.05, 0.1) is 11.5 Å². The van der Waals surface area contributed by atoms with E-state index in [4.69, 9.17) is 9.47 Å². The highest BCUT2D eigenvalue weighted by molar-refractivity contribution is 7.92. The Kier molecular flexibility index (Phi) is 7.45. The van der Waals surface area contributed by atoms with Crippen molar-refractivity contribution in [3.05, 3.63) is 77.5 Å². The second-order valence-electron chi connectivity index (χ2n) is 7.10. The molecule has 0 atom stereocenters. The first kappa shape index (κ1) is 23.2. The molecule has 9 heteroatoms. The molecule has 1 aromatic heterocycles. The summed E-state index contributed by atoms with van der Waals surface area (Å²) in [5.74, 6) is -0.222. The first-order chi connectivity index (χ1) is 15.3. The first-order valence-electron chi connectivity index (χ1n) is 9.88. The number of carbonyl (C=O) groups excluding carboxylic acids is 1. The maximum absolute atomic E-state index is 13.0. The van der Waals surface area contributed by atoms with Gasteiger partial charge >= 0.3 is 0 Å². The van der Waals surface area contributed by atoms with Gasteiger partial charge in [-0.15, -0.1) is 0 Å². The number of rotatable bonds is 9. The van der Waals surface area contributed by atoms with Crippen molar-refractivity contribution >= 4 is 27.3 Å². The minimum atomic E-state index is -3.88. The summed E-state index contributed by atoms with van der Waals surface area (Å²) in [6.45, 7) is 4.25. The maximum atomic E-state index is 13.0. The van der Waals surface area contributed by atoms with Crippen LogP contribution in [0.5, 0.6) is 5.88 Å². The summed E-state index contributed by atoms with van der Waals surface area (Å²) in [4.78, 5) is 17.1. The summed E-state index contributed by atoms with van der Waals surface area (Å²) in [5, 5.41) is 2.75. The number of carbonyl (C=O) groups is 1. The molecule has 0 aliphatic heterocycles. The fraction of sp³-hybridized carbons (Fsp3) is 0.217. The van der Waals surface area contributed by atoms with Crippen molar-refractivity contribution in [1.29, 1.82) is 0 Å². The molecule has 2 N–H and O–H groups in total. The second-order valence-corrected chi connectivity index (χ2v) is 8.79. The van der Waals surface area contributed by atoms with E-state index in [1.165, 1.54) is 12.1 Å². The maximum Gasteiger partial charge on any atom is 0.261 e. The second kappa shape index (κ2) is 10.3. The topological polar surface area (TPSA) is 107 Å². The summed E-state index contributed by atoms with van der Waals surface area (Å²) in [7, 11) is -2.32. The highest BCUT2D eigenvalue weighted by atomic mass is 32.2. The highest BCUT2D eigenvalue weighted by Gasteiger charge is 2.19. The molecule has 3 rings (SSSR count). The lowest BCUT2D eigenvalue weighted by atomic mass is 10.1. The van der Waals surface area contributed by atoms with Gasteiger partial charge in [0.15, 0.2) is 0 Å². The summed E-state index contributed by atoms with van der Waals surface area (Å²) in [6.07, 6.45) is 1.55. The summed E-state index contributed by atoms with van der Waals surface area (Å²) in [5.41, 5.74) is 2.60. The molecule has 0 saturated heterocycles. The standard InChI is InChI=1S/C23H25N3O5S/c1-16-6-4-7-18(14-16)26-32(28,29)19-10-9-17(2)20(15-19)22(27)25-21-8-5-11-24-23(21)31-13-12-30-3/h4-11,14-15,26H,12-13H2,1-3H3,(H,25,27). The lowest BCUT2D eigenvalue weighted by Gasteiger charge is -2.14. The molecule has 32 heavy (non-hydrogen) atoms. The molecule has 0 fully saturated rings. The fourth-order valence-electron chi connectivity index (χ4n) is 2.95. The Balaban J connectivity index is 1.84. The van der Waals surface area contributed by atoms with E-state index in [1.807, 2.05) is 13.0 Å². The van der Waals surface area contributed by atoms with Crippen LogP contribution >= 0.6 is 0 Å². The van der Waals surface area contributed by atoms with Gasteiger partial charge in [-0.25, -0.2) is 13.4 Å². The van der Waals surface area contributed by atoms with Crippen LogP contribution in [0.15, 0.2) is 65.7 Å². The number of aryl methyl sites for hydroxylation is 2. The van der Waals surface area contributed by atoms with Gasteiger partial charge in [-0.1, -0.05) is 18.2 Å². The van der Waals surface area contributed by atoms with E-state index in [0.29, 0.717) is 23.5 Å². The Morgan fingerprint density at radius 2 is 1.84 bits per heavy atom. The average Bonchev–Trinajstić information content (AvgIpc) is 2.75. The molecule has 3 aromatic rings. The normalized spacial score (nSPS) is 11.1. The van der Waals surface area contributed by atoms with Gasteiger partial charge in [0.1, 0.15) is 12.3 Å². The smallest absolute Gasteiger partial charge is 0.261 e. The van der Waals surface area contributed by atoms with Crippen LogP contribution in [0.4, 0.5) is 11.4 Å². The molecule has 0 bridgehead atoms. The largest absolute Gasteiger partial charge is 0.474 e. The van der Waals surface area contributed by atoms with E-state index < -0.39 is 15.9 Å². The van der Waals surface area contributed by atoms with Crippen LogP contribution in [0.2, 0.25) is 0 Å². The summed E-state index contributed by atoms with van der Waals surface area (Å²) < 4.78 is 38.8. The SMILES string of the molecule is COCCOc1ncccc1NC(=O)c1cc(S(=O)(=O)Nc2cccc(C)c2)ccc1C. The number of hydrogen-bond donors (Lipinski definition) is 2. The van der Waals surface area contributed by atoms with E-state index in [9.17, 15) is 13.2 Å². The zero-order valence-corrected chi connectivity index (χ0v) is 18.9. The number of benzene rings is 2. The van der Waals surface area contributed by atoms with Crippen molar-refractivity contribution in [3.63, 3.8) is 0 Å². The predicted molar refractivity (Wildman–Crippen MR) is 123 cm³/mol. The zero-order chi connectivity index (χ0) is 23.1. The molecule has 2 aromatic carbocycles. The van der Waals surface area contributed by atoms with E-state index in [2.05, 4.69) is 15.0 Å². The van der Waals surface area contributed by atoms with Gasteiger partial charge in [0.2, 0.25) is 5.88 Å². The van der Waals surface area contributed by atoms with Crippen molar-refractivity contribution in [1.82, 2.24) is 4.98 Å². The van der Waals surface area contributed by atoms with Crippen LogP contribution in [0, 0.1) is 13.8 Å². The van der Waals surface area contributed by atoms with Crippen molar-refractivity contribution in [3.8, 4) is 5.88 Å². The average molecular weight is 456 g/mol. The number of aromatic nitrogens is 1. The molecule has 8 nitrogen and oxygen atoms in total. The van der Waals surface area contributed by atoms with Crippen molar-refractivity contribution < 1.29 is 22.7 Å². The quantitative estimate of drug-likeness (QED) is 0.476. The molecule has 1 amide bonds. The van der Waals surface area contributed by atoms with Crippen molar-refractivity contribution in [2.24, 2.45) is 0 Å². The Morgan fingerprint density at radius 1 is 1.03 bits per heavy atom. The zero-order valence-electron chi connectivity index (χ0n) is 18.1. The number of methoxy groups -OCH3 is 1. The molecular formula is C23H25N3O5S. The van der Waals surface area contributed by atoms with Gasteiger partial charge in [-0.05, 0) is 61.4 Å². The minimum absolute atomic E-state index is 0.0162. The third kappa shape index (κ3) is 5.83. The lowest BCUT2D eigenvalue weighted by molar-refractivity contribution is 0.102. The molecule has 0 saturated carbocycles. The third-order valence-corrected chi connectivity index (χ3v) is 5.96. The number of pyridine rings is 1. The Hall–Kier alpha value is -3.43. The molecule has 0 radical (unpaired) electrons. The van der Waals surface area contributed by atoms with E-state index in [-0.39, 0.29) is 22.9 Å². The number of nitrogens with zero attached hydrogens (tertiary/aromatic N) is 1. The van der Waals surface area contributed by atoms with Gasteiger partial charge in [0, 0.05) is 24.6 Å². The van der Waals surface area contributed by atoms with Gasteiger partial charge in [0.25, 0.3) is 15.9 Å². The number of anilines is 2. The van der Waals surface area contributed by atoms with Crippen LogP contribution in [0.1, 0.15) is 21.5 Å². The third-order valence-electron chi connectivity index (χ3n) is 4.58. The molecule has 0 spiro atoms. The van der Waals surface area contributed by atoms with Crippen molar-refractivity contribution in [2.45, 2.75) is 18.7 Å². The number of sulfonamides is 1. The fourth-order valence-corrected chi connectivity index (χ4v) is 4.02. The van der Waals surface area contributed by atoms with E-state index in [0.717, 1.165) is 5.56 Å². The van der Waals surface area contributed by atoms with Crippen LogP contribution in [-0.4, -0.2) is 39.6 Å². The summed E-state index contributed by atoms with van der Waals surface area (Å²) >= 11 is 0. The lowest BCUT2D eigenvalue weighted by Crippen LogP contribution is -2.18. The molecule has 0 unspecified atom stereocenters. The molecule has 168 valence electrons. The van der Waals surface area contributed by atoms with Crippen LogP contribution in [0.3, 0.4) is 0 Å². The van der Waals surface area contributed by atoms with Crippen LogP contribution < -0.4 is 14.8 Å². The minimum Gasteiger partial charge on any atom is -0.474 e. The number of amides is 1. The van der Waals surface area contributed by atoms with Crippen LogP contribution in [0.25, 0.3) is 0 Å². The monoisotopic (exact) mass is 455 g/mol. The number of nitrogens with one attached hydrogen (secondary N) is 2. The molecule has 0 aliphatic carbocycles. The van der Waals surface area contributed by atoms with Gasteiger partial charge in [-0.2, -0.15) is 0 Å². The number of hydrogen-bond acceptors (Lipinski definition) is 6. The van der Waals surface area contributed by atoms with E-state index in [1.54, 1.807) is 56.6 Å². The highest BCUT2D eigenvalue weighted by Crippen LogP contribution is 2.24. The summed E-state index contributed by atoms with van der Waals surface area (Å²) in [6, 6.07) is 14.8. The Morgan fingerprint density at radius 3 is 2.59 bits per heavy atom. The molecule has 0 aliphatic rings. The van der Waals surface area contributed by atoms with Crippen molar-refractivity contribution in [2.75, 3.05) is 30.4 Å². The van der Waals surface area contributed by atoms with E-state index >= 15 is 0 Å². The Bertz CT molecular complexity index is 1210. The van der Waals surface area contributed by atoms with Crippen LogP contribution in [-0.2, 0) is 14.8 Å². The van der Waals surface area contributed by atoms with Gasteiger partial charge < -0.3 is 14.8 Å². The Labute approximate surface area is 187 Å². The molecule has 1 heterocycles. The van der Waals surface area contributed by atoms with Gasteiger partial charge in [-0.3, -0.25) is 9.52 Å².